The third-order valence-electron chi connectivity index (χ3n) is 17.1. The standard InChI is InChI=1S/C71H50N2/c1-39-23-51(24-40(2)41(39)3)55-33-63-58-28-44-12-8-10-14-46(44)36-66(58)73-68-38-50-18-16-48(26-53(50)30-60(68)64(34-55)70(63)73)47-15-17-49-37-67-59(29-52(49)25-47)62-32-54(42-19-21-56(22-20-42)71(4,5)6)31-61-57-27-43-11-7-9-13-45(43)35-65(57)72(67)69(61)62/h7-38H,1-6H3. The lowest BCUT2D eigenvalue weighted by Crippen LogP contribution is -2.10. The van der Waals surface area contributed by atoms with Gasteiger partial charge in [-0.15, -0.1) is 0 Å². The molecule has 0 radical (unpaired) electrons. The Hall–Kier alpha value is -8.72. The molecule has 0 aliphatic heterocycles. The molecule has 0 bridgehead atoms. The van der Waals surface area contributed by atoms with Gasteiger partial charge in [-0.1, -0.05) is 130 Å². The summed E-state index contributed by atoms with van der Waals surface area (Å²) in [5.74, 6) is 0. The minimum Gasteiger partial charge on any atom is -0.308 e. The van der Waals surface area contributed by atoms with Crippen molar-refractivity contribution in [2.75, 3.05) is 0 Å². The number of hydrogen-bond donors (Lipinski definition) is 0. The van der Waals surface area contributed by atoms with Crippen LogP contribution in [0, 0.1) is 20.8 Å². The SMILES string of the molecule is Cc1cc(-c2cc3c4cc5ccccc5cc4n4c5cc6ccc(-c7ccc8cc9c(cc8c7)c7cc(-c8ccc(C(C)(C)C)cc8)cc8c%10cc%11ccccc%11cc%10n9c87)cc6cc5c(c2)c34)cc(C)c1C. The number of aromatic nitrogens is 2. The molecule has 0 saturated carbocycles. The molecule has 0 saturated heterocycles. The van der Waals surface area contributed by atoms with E-state index in [1.165, 1.54) is 175 Å². The topological polar surface area (TPSA) is 8.82 Å². The molecule has 0 amide bonds. The molecule has 344 valence electrons. The smallest absolute Gasteiger partial charge is 0.0620 e. The van der Waals surface area contributed by atoms with Crippen molar-refractivity contribution < 1.29 is 0 Å². The predicted octanol–water partition coefficient (Wildman–Crippen LogP) is 19.8. The van der Waals surface area contributed by atoms with Gasteiger partial charge < -0.3 is 8.80 Å². The molecule has 12 aromatic carbocycles. The van der Waals surface area contributed by atoms with Crippen molar-refractivity contribution >= 4 is 119 Å². The van der Waals surface area contributed by atoms with E-state index in [2.05, 4.69) is 244 Å². The summed E-state index contributed by atoms with van der Waals surface area (Å²) >= 11 is 0. The molecule has 2 nitrogen and oxygen atoms in total. The summed E-state index contributed by atoms with van der Waals surface area (Å²) < 4.78 is 5.08. The second-order valence-corrected chi connectivity index (χ2v) is 22.4. The molecule has 0 aliphatic rings. The monoisotopic (exact) mass is 930 g/mol. The first kappa shape index (κ1) is 41.0. The van der Waals surface area contributed by atoms with Crippen molar-refractivity contribution in [2.24, 2.45) is 0 Å². The van der Waals surface area contributed by atoms with Crippen LogP contribution < -0.4 is 0 Å². The van der Waals surface area contributed by atoms with Crippen LogP contribution in [0.1, 0.15) is 43.0 Å². The van der Waals surface area contributed by atoms with Gasteiger partial charge in [0.2, 0.25) is 0 Å². The molecule has 0 atom stereocenters. The Kier molecular flexibility index (Phi) is 7.99. The number of aryl methyl sites for hydroxylation is 2. The quantitative estimate of drug-likeness (QED) is 0.167. The summed E-state index contributed by atoms with van der Waals surface area (Å²) in [7, 11) is 0. The Balaban J connectivity index is 0.888. The van der Waals surface area contributed by atoms with Gasteiger partial charge in [-0.05, 0) is 210 Å². The fraction of sp³-hybridized carbons (Fsp3) is 0.0986. The highest BCUT2D eigenvalue weighted by Gasteiger charge is 2.23. The summed E-state index contributed by atoms with van der Waals surface area (Å²) in [5, 5.41) is 20.5. The van der Waals surface area contributed by atoms with Crippen LogP contribution >= 0.6 is 0 Å². The summed E-state index contributed by atoms with van der Waals surface area (Å²) in [6.07, 6.45) is 0. The maximum Gasteiger partial charge on any atom is 0.0620 e. The average molecular weight is 931 g/mol. The lowest BCUT2D eigenvalue weighted by molar-refractivity contribution is 0.590. The number of hydrogen-bond acceptors (Lipinski definition) is 0. The number of fused-ring (bicyclic) bond motifs is 16. The molecule has 2 heteroatoms. The fourth-order valence-electron chi connectivity index (χ4n) is 13.0. The largest absolute Gasteiger partial charge is 0.308 e. The van der Waals surface area contributed by atoms with Crippen molar-refractivity contribution in [1.82, 2.24) is 8.80 Å². The van der Waals surface area contributed by atoms with Gasteiger partial charge in [0.05, 0.1) is 33.1 Å². The van der Waals surface area contributed by atoms with Crippen LogP contribution in [0.15, 0.2) is 194 Å². The molecule has 0 aliphatic carbocycles. The number of benzene rings is 12. The zero-order valence-electron chi connectivity index (χ0n) is 41.9. The third-order valence-corrected chi connectivity index (χ3v) is 17.1. The summed E-state index contributed by atoms with van der Waals surface area (Å²) in [6, 6.07) is 74.9. The van der Waals surface area contributed by atoms with E-state index in [0.717, 1.165) is 0 Å². The molecular formula is C71H50N2. The Labute approximate surface area is 422 Å². The summed E-state index contributed by atoms with van der Waals surface area (Å²) in [5.41, 5.74) is 20.6. The molecule has 16 rings (SSSR count). The second-order valence-electron chi connectivity index (χ2n) is 22.4. The van der Waals surface area contributed by atoms with Crippen LogP contribution in [-0.2, 0) is 5.41 Å². The molecule has 0 spiro atoms. The molecular weight excluding hydrogens is 881 g/mol. The maximum atomic E-state index is 2.54. The first-order valence-electron chi connectivity index (χ1n) is 25.9. The van der Waals surface area contributed by atoms with Crippen molar-refractivity contribution in [1.29, 1.82) is 0 Å². The van der Waals surface area contributed by atoms with E-state index in [-0.39, 0.29) is 5.41 Å². The van der Waals surface area contributed by atoms with E-state index in [1.54, 1.807) is 0 Å². The lowest BCUT2D eigenvalue weighted by Gasteiger charge is -2.19. The van der Waals surface area contributed by atoms with E-state index in [4.69, 9.17) is 0 Å². The highest BCUT2D eigenvalue weighted by Crippen LogP contribution is 2.47. The van der Waals surface area contributed by atoms with E-state index in [1.807, 2.05) is 0 Å². The minimum absolute atomic E-state index is 0.0939. The van der Waals surface area contributed by atoms with Gasteiger partial charge in [-0.2, -0.15) is 0 Å². The molecule has 4 heterocycles. The van der Waals surface area contributed by atoms with Gasteiger partial charge in [0.1, 0.15) is 0 Å². The Morgan fingerprint density at radius 3 is 1.00 bits per heavy atom. The molecule has 73 heavy (non-hydrogen) atoms. The van der Waals surface area contributed by atoms with Crippen molar-refractivity contribution in [3.63, 3.8) is 0 Å². The van der Waals surface area contributed by atoms with Crippen molar-refractivity contribution in [3.8, 4) is 33.4 Å². The Morgan fingerprint density at radius 2 is 0.603 bits per heavy atom. The van der Waals surface area contributed by atoms with Crippen LogP contribution in [0.3, 0.4) is 0 Å². The first-order chi connectivity index (χ1) is 35.5. The maximum absolute atomic E-state index is 2.54. The predicted molar refractivity (Wildman–Crippen MR) is 315 cm³/mol. The van der Waals surface area contributed by atoms with E-state index >= 15 is 0 Å². The van der Waals surface area contributed by atoms with Crippen molar-refractivity contribution in [3.05, 3.63) is 216 Å². The van der Waals surface area contributed by atoms with E-state index < -0.39 is 0 Å². The third kappa shape index (κ3) is 5.75. The first-order valence-corrected chi connectivity index (χ1v) is 25.9. The second kappa shape index (κ2) is 14.2. The van der Waals surface area contributed by atoms with Crippen LogP contribution in [0.4, 0.5) is 0 Å². The van der Waals surface area contributed by atoms with Gasteiger partial charge in [-0.25, -0.2) is 0 Å². The van der Waals surface area contributed by atoms with Crippen LogP contribution in [-0.4, -0.2) is 8.80 Å². The van der Waals surface area contributed by atoms with Crippen LogP contribution in [0.25, 0.3) is 153 Å². The van der Waals surface area contributed by atoms with Crippen LogP contribution in [0.5, 0.6) is 0 Å². The number of rotatable bonds is 3. The minimum atomic E-state index is 0.0939. The zero-order chi connectivity index (χ0) is 48.8. The van der Waals surface area contributed by atoms with E-state index in [0.29, 0.717) is 0 Å². The molecule has 0 N–H and O–H groups in total. The number of nitrogens with zero attached hydrogens (tertiary/aromatic N) is 2. The Bertz CT molecular complexity index is 5050. The van der Waals surface area contributed by atoms with Gasteiger partial charge in [0.15, 0.2) is 0 Å². The van der Waals surface area contributed by atoms with Crippen molar-refractivity contribution in [2.45, 2.75) is 47.0 Å². The summed E-state index contributed by atoms with van der Waals surface area (Å²) in [6.45, 7) is 13.6. The zero-order valence-corrected chi connectivity index (χ0v) is 41.9. The average Bonchev–Trinajstić information content (AvgIpc) is 4.13. The van der Waals surface area contributed by atoms with Crippen LogP contribution in [0.2, 0.25) is 0 Å². The van der Waals surface area contributed by atoms with Gasteiger partial charge in [0.25, 0.3) is 0 Å². The van der Waals surface area contributed by atoms with Gasteiger partial charge >= 0.3 is 0 Å². The lowest BCUT2D eigenvalue weighted by atomic mass is 9.86. The molecule has 0 unspecified atom stereocenters. The van der Waals surface area contributed by atoms with E-state index in [9.17, 15) is 0 Å². The van der Waals surface area contributed by atoms with Gasteiger partial charge in [-0.3, -0.25) is 0 Å². The van der Waals surface area contributed by atoms with Gasteiger partial charge in [0, 0.05) is 43.1 Å². The fourth-order valence-corrected chi connectivity index (χ4v) is 13.0. The Morgan fingerprint density at radius 1 is 0.274 bits per heavy atom. The normalized spacial score (nSPS) is 12.8. The highest BCUT2D eigenvalue weighted by molar-refractivity contribution is 6.29. The summed E-state index contributed by atoms with van der Waals surface area (Å²) in [4.78, 5) is 0. The molecule has 0 fully saturated rings. The highest BCUT2D eigenvalue weighted by atomic mass is 14.9. The molecule has 16 aromatic rings. The molecule has 4 aromatic heterocycles.